The van der Waals surface area contributed by atoms with Crippen molar-refractivity contribution < 1.29 is 14.3 Å². The van der Waals surface area contributed by atoms with Crippen molar-refractivity contribution in [1.29, 1.82) is 0 Å². The van der Waals surface area contributed by atoms with E-state index in [1.54, 1.807) is 6.33 Å². The Balaban J connectivity index is 1.35. The Bertz CT molecular complexity index is 1200. The lowest BCUT2D eigenvalue weighted by Crippen LogP contribution is -2.38. The summed E-state index contributed by atoms with van der Waals surface area (Å²) < 4.78 is 13.9. The summed E-state index contributed by atoms with van der Waals surface area (Å²) in [7, 11) is 0. The van der Waals surface area contributed by atoms with Crippen molar-refractivity contribution in [3.63, 3.8) is 0 Å². The van der Waals surface area contributed by atoms with Crippen molar-refractivity contribution in [2.24, 2.45) is 0 Å². The van der Waals surface area contributed by atoms with E-state index in [0.717, 1.165) is 60.9 Å². The molecule has 3 aromatic rings. The Morgan fingerprint density at radius 3 is 2.91 bits per heavy atom. The monoisotopic (exact) mass is 466 g/mol. The van der Waals surface area contributed by atoms with Crippen molar-refractivity contribution in [2.45, 2.75) is 0 Å². The van der Waals surface area contributed by atoms with Gasteiger partial charge in [-0.3, -0.25) is 14.3 Å². The maximum Gasteiger partial charge on any atom is 0.263 e. The van der Waals surface area contributed by atoms with Gasteiger partial charge in [0.2, 0.25) is 0 Å². The van der Waals surface area contributed by atoms with Crippen molar-refractivity contribution in [1.82, 2.24) is 19.8 Å². The molecule has 0 spiro atoms. The number of morpholine rings is 1. The molecule has 0 radical (unpaired) electrons. The largest absolute Gasteiger partial charge is 0.492 e. The fourth-order valence-electron chi connectivity index (χ4n) is 3.73. The number of thioether (sulfide) groups is 1. The van der Waals surface area contributed by atoms with Gasteiger partial charge in [-0.1, -0.05) is 36.1 Å². The maximum absolute atomic E-state index is 12.0. The number of imidazole rings is 1. The van der Waals surface area contributed by atoms with Crippen molar-refractivity contribution >= 4 is 51.3 Å². The summed E-state index contributed by atoms with van der Waals surface area (Å²) in [5, 5.41) is 2.65. The van der Waals surface area contributed by atoms with Crippen molar-refractivity contribution in [3.05, 3.63) is 59.3 Å². The molecule has 2 aromatic carbocycles. The summed E-state index contributed by atoms with van der Waals surface area (Å²) in [5.41, 5.74) is 3.72. The SMILES string of the molecule is O=C1NC(=S)SC1=Cc1ccc2ncn(-c3cccc(OCCN4CCOCC4)c3)c2c1. The van der Waals surface area contributed by atoms with Crippen LogP contribution in [0.15, 0.2) is 53.7 Å². The Morgan fingerprint density at radius 2 is 2.09 bits per heavy atom. The molecule has 0 atom stereocenters. The molecule has 1 amide bonds. The minimum absolute atomic E-state index is 0.157. The molecule has 0 aliphatic carbocycles. The molecular formula is C23H22N4O3S2. The number of amides is 1. The molecule has 3 heterocycles. The molecule has 9 heteroatoms. The van der Waals surface area contributed by atoms with Crippen LogP contribution < -0.4 is 10.1 Å². The zero-order valence-electron chi connectivity index (χ0n) is 17.3. The van der Waals surface area contributed by atoms with Crippen LogP contribution in [0.3, 0.4) is 0 Å². The predicted molar refractivity (Wildman–Crippen MR) is 130 cm³/mol. The number of benzene rings is 2. The number of nitrogens with zero attached hydrogens (tertiary/aromatic N) is 3. The van der Waals surface area contributed by atoms with E-state index in [0.29, 0.717) is 15.8 Å². The average Bonchev–Trinajstić information content (AvgIpc) is 3.36. The van der Waals surface area contributed by atoms with Gasteiger partial charge in [-0.2, -0.15) is 0 Å². The maximum atomic E-state index is 12.0. The van der Waals surface area contributed by atoms with Gasteiger partial charge in [-0.15, -0.1) is 0 Å². The standard InChI is InChI=1S/C23H22N4O3S2/c28-22-21(32-23(31)25-22)13-16-4-5-19-20(12-16)27(15-24-19)17-2-1-3-18(14-17)30-11-8-26-6-9-29-10-7-26/h1-5,12-15H,6-11H2,(H,25,28,31). The molecular weight excluding hydrogens is 444 g/mol. The quantitative estimate of drug-likeness (QED) is 0.442. The van der Waals surface area contributed by atoms with Crippen molar-refractivity contribution in [3.8, 4) is 11.4 Å². The van der Waals surface area contributed by atoms with Crippen LogP contribution in [0.2, 0.25) is 0 Å². The second-order valence-corrected chi connectivity index (χ2v) is 9.23. The highest BCUT2D eigenvalue weighted by atomic mass is 32.2. The summed E-state index contributed by atoms with van der Waals surface area (Å²) >= 11 is 6.35. The molecule has 2 aliphatic heterocycles. The van der Waals surface area contributed by atoms with Crippen LogP contribution in [0.25, 0.3) is 22.8 Å². The molecule has 0 unspecified atom stereocenters. The molecule has 1 aromatic heterocycles. The highest BCUT2D eigenvalue weighted by Gasteiger charge is 2.22. The second kappa shape index (κ2) is 9.41. The van der Waals surface area contributed by atoms with Gasteiger partial charge in [0.25, 0.3) is 5.91 Å². The third-order valence-corrected chi connectivity index (χ3v) is 6.55. The van der Waals surface area contributed by atoms with Gasteiger partial charge in [0.05, 0.1) is 34.8 Å². The number of nitrogens with one attached hydrogen (secondary N) is 1. The predicted octanol–water partition coefficient (Wildman–Crippen LogP) is 3.23. The number of fused-ring (bicyclic) bond motifs is 1. The smallest absolute Gasteiger partial charge is 0.263 e. The number of hydrogen-bond donors (Lipinski definition) is 1. The normalized spacial score (nSPS) is 18.4. The number of rotatable bonds is 6. The lowest BCUT2D eigenvalue weighted by molar-refractivity contribution is -0.115. The van der Waals surface area contributed by atoms with Gasteiger partial charge in [-0.25, -0.2) is 4.98 Å². The number of ether oxygens (including phenoxy) is 2. The summed E-state index contributed by atoms with van der Waals surface area (Å²) in [6, 6.07) is 13.9. The summed E-state index contributed by atoms with van der Waals surface area (Å²) in [4.78, 5) is 19.5. The Hall–Kier alpha value is -2.72. The lowest BCUT2D eigenvalue weighted by atomic mass is 10.1. The van der Waals surface area contributed by atoms with E-state index in [2.05, 4.69) is 15.2 Å². The van der Waals surface area contributed by atoms with Gasteiger partial charge < -0.3 is 14.8 Å². The van der Waals surface area contributed by atoms with E-state index >= 15 is 0 Å². The van der Waals surface area contributed by atoms with Gasteiger partial charge in [-0.05, 0) is 35.9 Å². The Morgan fingerprint density at radius 1 is 1.22 bits per heavy atom. The van der Waals surface area contributed by atoms with E-state index in [1.807, 2.05) is 53.1 Å². The number of carbonyl (C=O) groups excluding carboxylic acids is 1. The Kier molecular flexibility index (Phi) is 6.22. The van der Waals surface area contributed by atoms with E-state index in [-0.39, 0.29) is 5.91 Å². The Labute approximate surface area is 195 Å². The first-order valence-electron chi connectivity index (χ1n) is 10.4. The number of hydrogen-bond acceptors (Lipinski definition) is 7. The van der Waals surface area contributed by atoms with E-state index in [9.17, 15) is 4.79 Å². The molecule has 164 valence electrons. The average molecular weight is 467 g/mol. The first-order chi connectivity index (χ1) is 15.7. The summed E-state index contributed by atoms with van der Waals surface area (Å²) in [6.07, 6.45) is 3.65. The molecule has 2 fully saturated rings. The van der Waals surface area contributed by atoms with Crippen molar-refractivity contribution in [2.75, 3.05) is 39.5 Å². The van der Waals surface area contributed by atoms with Gasteiger partial charge >= 0.3 is 0 Å². The molecule has 0 saturated carbocycles. The summed E-state index contributed by atoms with van der Waals surface area (Å²) in [5.74, 6) is 0.666. The van der Waals surface area contributed by atoms with Gasteiger partial charge in [0.15, 0.2) is 0 Å². The van der Waals surface area contributed by atoms with E-state index < -0.39 is 0 Å². The van der Waals surface area contributed by atoms with Crippen LogP contribution in [0.1, 0.15) is 5.56 Å². The highest BCUT2D eigenvalue weighted by molar-refractivity contribution is 8.26. The second-order valence-electron chi connectivity index (χ2n) is 7.51. The zero-order valence-corrected chi connectivity index (χ0v) is 19.0. The third-order valence-electron chi connectivity index (χ3n) is 5.39. The minimum Gasteiger partial charge on any atom is -0.492 e. The number of thiocarbonyl (C=S) groups is 1. The van der Waals surface area contributed by atoms with Crippen LogP contribution >= 0.6 is 24.0 Å². The molecule has 2 aliphatic rings. The first kappa shape index (κ1) is 21.1. The van der Waals surface area contributed by atoms with Crippen LogP contribution in [0.4, 0.5) is 0 Å². The molecule has 1 N–H and O–H groups in total. The first-order valence-corrected chi connectivity index (χ1v) is 11.6. The van der Waals surface area contributed by atoms with Gasteiger partial charge in [0, 0.05) is 25.7 Å². The fraction of sp³-hybridized carbons (Fsp3) is 0.261. The lowest BCUT2D eigenvalue weighted by Gasteiger charge is -2.26. The van der Waals surface area contributed by atoms with Gasteiger partial charge in [0.1, 0.15) is 23.0 Å². The van der Waals surface area contributed by atoms with Crippen LogP contribution in [0.5, 0.6) is 5.75 Å². The van der Waals surface area contributed by atoms with Crippen LogP contribution in [0, 0.1) is 0 Å². The highest BCUT2D eigenvalue weighted by Crippen LogP contribution is 2.28. The van der Waals surface area contributed by atoms with E-state index in [1.165, 1.54) is 11.8 Å². The number of carbonyl (C=O) groups is 1. The molecule has 0 bridgehead atoms. The molecule has 5 rings (SSSR count). The molecule has 7 nitrogen and oxygen atoms in total. The topological polar surface area (TPSA) is 68.6 Å². The minimum atomic E-state index is -0.157. The molecule has 32 heavy (non-hydrogen) atoms. The van der Waals surface area contributed by atoms with Crippen LogP contribution in [-0.2, 0) is 9.53 Å². The third kappa shape index (κ3) is 4.71. The zero-order chi connectivity index (χ0) is 21.9. The number of aromatic nitrogens is 2. The van der Waals surface area contributed by atoms with Crippen LogP contribution in [-0.4, -0.2) is 64.1 Å². The fourth-order valence-corrected chi connectivity index (χ4v) is 4.78. The summed E-state index contributed by atoms with van der Waals surface area (Å²) in [6.45, 7) is 5.00. The molecule has 2 saturated heterocycles. The van der Waals surface area contributed by atoms with E-state index in [4.69, 9.17) is 21.7 Å².